The minimum Gasteiger partial charge on any atom is -0.491 e. The van der Waals surface area contributed by atoms with Crippen molar-refractivity contribution < 1.29 is 23.8 Å². The van der Waals surface area contributed by atoms with Crippen molar-refractivity contribution >= 4 is 28.5 Å². The van der Waals surface area contributed by atoms with Crippen LogP contribution in [-0.2, 0) is 28.9 Å². The van der Waals surface area contributed by atoms with E-state index in [1.54, 1.807) is 12.1 Å². The number of hydrogen-bond donors (Lipinski definition) is 2. The Hall–Kier alpha value is -4.84. The summed E-state index contributed by atoms with van der Waals surface area (Å²) >= 11 is 0. The zero-order valence-corrected chi connectivity index (χ0v) is 23.8. The predicted octanol–water partition coefficient (Wildman–Crippen LogP) is 8.07. The first kappa shape index (κ1) is 28.7. The molecule has 42 heavy (non-hydrogen) atoms. The number of nitrogens with one attached hydrogen (secondary N) is 1. The number of hydrogen-bond acceptors (Lipinski definition) is 4. The van der Waals surface area contributed by atoms with Crippen molar-refractivity contribution in [2.75, 3.05) is 11.9 Å². The fraction of sp³-hybridized carbons (Fsp3) is 0.222. The summed E-state index contributed by atoms with van der Waals surface area (Å²) in [7, 11) is 0. The van der Waals surface area contributed by atoms with Crippen LogP contribution < -0.4 is 10.1 Å². The normalized spacial score (nSPS) is 11.0. The maximum Gasteiger partial charge on any atom is 0.394 e. The molecule has 1 aromatic heterocycles. The van der Waals surface area contributed by atoms with E-state index in [-0.39, 0.29) is 0 Å². The second kappa shape index (κ2) is 13.7. The first-order chi connectivity index (χ1) is 20.5. The molecular weight excluding hydrogens is 526 g/mol. The molecule has 6 heteroatoms. The van der Waals surface area contributed by atoms with Crippen LogP contribution in [0.15, 0.2) is 101 Å². The van der Waals surface area contributed by atoms with Crippen LogP contribution in [0, 0.1) is 0 Å². The molecule has 5 rings (SSSR count). The Labute approximate surface area is 246 Å². The van der Waals surface area contributed by atoms with Gasteiger partial charge < -0.3 is 19.6 Å². The van der Waals surface area contributed by atoms with E-state index >= 15 is 0 Å². The van der Waals surface area contributed by atoms with Crippen LogP contribution in [0.5, 0.6) is 5.75 Å². The molecule has 5 aromatic rings. The van der Waals surface area contributed by atoms with Gasteiger partial charge in [0.25, 0.3) is 0 Å². The maximum atomic E-state index is 12.0. The van der Waals surface area contributed by atoms with Crippen molar-refractivity contribution in [2.45, 2.75) is 45.4 Å². The number of para-hydroxylation sites is 1. The number of carbonyl (C=O) groups excluding carboxylic acids is 1. The number of carboxylic acid groups (broad SMARTS) is 1. The van der Waals surface area contributed by atoms with Crippen LogP contribution in [0.1, 0.15) is 48.6 Å². The number of anilines is 1. The molecule has 0 aliphatic rings. The lowest BCUT2D eigenvalue weighted by atomic mass is 9.97. The van der Waals surface area contributed by atoms with E-state index in [1.807, 2.05) is 54.6 Å². The van der Waals surface area contributed by atoms with Crippen molar-refractivity contribution in [1.82, 2.24) is 0 Å². The third kappa shape index (κ3) is 7.07. The number of amides is 1. The van der Waals surface area contributed by atoms with Crippen molar-refractivity contribution in [2.24, 2.45) is 0 Å². The molecule has 0 saturated carbocycles. The lowest BCUT2D eigenvalue weighted by molar-refractivity contribution is -0.147. The quantitative estimate of drug-likeness (QED) is 0.119. The van der Waals surface area contributed by atoms with Gasteiger partial charge in [-0.2, -0.15) is 0 Å². The molecule has 0 aliphatic carbocycles. The second-order valence-electron chi connectivity index (χ2n) is 10.4. The Morgan fingerprint density at radius 3 is 2.31 bits per heavy atom. The highest BCUT2D eigenvalue weighted by Gasteiger charge is 2.17. The molecular formula is C36H35NO5. The van der Waals surface area contributed by atoms with E-state index in [1.165, 1.54) is 16.7 Å². The highest BCUT2D eigenvalue weighted by molar-refractivity contribution is 6.36. The van der Waals surface area contributed by atoms with E-state index in [2.05, 4.69) is 42.6 Å². The standard InChI is InChI=1S/C36H35NO5/c1-2-3-14-33-30(29-13-7-8-15-32(29)42-33)23-26-16-18-27(19-17-26)28-20-21-34(31(24-28)37-35(38)36(39)40)41-22-9-12-25-10-5-4-6-11-25/h4-8,10-11,13,15-21,24H,2-3,9,12,14,22-23H2,1H3,(H,37,38)(H,39,40). The van der Waals surface area contributed by atoms with Gasteiger partial charge in [0.15, 0.2) is 0 Å². The number of rotatable bonds is 12. The van der Waals surface area contributed by atoms with E-state index in [0.29, 0.717) is 18.0 Å². The number of carboxylic acids is 1. The number of ether oxygens (including phenoxy) is 1. The van der Waals surface area contributed by atoms with Crippen molar-refractivity contribution in [1.29, 1.82) is 0 Å². The molecule has 4 aromatic carbocycles. The Kier molecular flexibility index (Phi) is 9.34. The highest BCUT2D eigenvalue weighted by atomic mass is 16.5. The molecule has 0 spiro atoms. The second-order valence-corrected chi connectivity index (χ2v) is 10.4. The lowest BCUT2D eigenvalue weighted by Crippen LogP contribution is -2.22. The van der Waals surface area contributed by atoms with Crippen LogP contribution in [0.25, 0.3) is 22.1 Å². The van der Waals surface area contributed by atoms with Crippen LogP contribution in [0.3, 0.4) is 0 Å². The van der Waals surface area contributed by atoms with Crippen LogP contribution in [-0.4, -0.2) is 23.6 Å². The largest absolute Gasteiger partial charge is 0.491 e. The summed E-state index contributed by atoms with van der Waals surface area (Å²) in [5, 5.41) is 12.8. The van der Waals surface area contributed by atoms with Gasteiger partial charge in [-0.3, -0.25) is 4.79 Å². The van der Waals surface area contributed by atoms with Crippen molar-refractivity contribution in [3.63, 3.8) is 0 Å². The number of fused-ring (bicyclic) bond motifs is 1. The average Bonchev–Trinajstić information content (AvgIpc) is 3.36. The Bertz CT molecular complexity index is 1650. The third-order valence-electron chi connectivity index (χ3n) is 7.34. The molecule has 6 nitrogen and oxygen atoms in total. The Morgan fingerprint density at radius 1 is 0.810 bits per heavy atom. The molecule has 0 saturated heterocycles. The molecule has 2 N–H and O–H groups in total. The summed E-state index contributed by atoms with van der Waals surface area (Å²) in [6, 6.07) is 32.1. The zero-order valence-electron chi connectivity index (χ0n) is 23.8. The molecule has 0 fully saturated rings. The van der Waals surface area contributed by atoms with Gasteiger partial charge in [0.2, 0.25) is 0 Å². The fourth-order valence-electron chi connectivity index (χ4n) is 5.11. The van der Waals surface area contributed by atoms with Crippen LogP contribution >= 0.6 is 0 Å². The molecule has 0 aliphatic heterocycles. The van der Waals surface area contributed by atoms with Gasteiger partial charge in [0.1, 0.15) is 17.1 Å². The Morgan fingerprint density at radius 2 is 1.55 bits per heavy atom. The number of carbonyl (C=O) groups is 2. The van der Waals surface area contributed by atoms with E-state index < -0.39 is 11.9 Å². The first-order valence-corrected chi connectivity index (χ1v) is 14.5. The molecule has 1 heterocycles. The maximum absolute atomic E-state index is 12.0. The van der Waals surface area contributed by atoms with Gasteiger partial charge in [-0.25, -0.2) is 4.79 Å². The number of benzene rings is 4. The summed E-state index contributed by atoms with van der Waals surface area (Å²) in [5.41, 5.74) is 6.67. The first-order valence-electron chi connectivity index (χ1n) is 14.5. The number of furan rings is 1. The highest BCUT2D eigenvalue weighted by Crippen LogP contribution is 2.33. The summed E-state index contributed by atoms with van der Waals surface area (Å²) < 4.78 is 12.2. The summed E-state index contributed by atoms with van der Waals surface area (Å²) in [6.45, 7) is 2.62. The van der Waals surface area contributed by atoms with Gasteiger partial charge in [-0.15, -0.1) is 0 Å². The number of aliphatic carboxylic acids is 1. The molecule has 0 radical (unpaired) electrons. The molecule has 214 valence electrons. The number of unbranched alkanes of at least 4 members (excludes halogenated alkanes) is 1. The zero-order chi connectivity index (χ0) is 29.3. The van der Waals surface area contributed by atoms with E-state index in [4.69, 9.17) is 9.15 Å². The van der Waals surface area contributed by atoms with Crippen molar-refractivity contribution in [3.05, 3.63) is 120 Å². The molecule has 1 amide bonds. The molecule has 0 atom stereocenters. The minimum atomic E-state index is -1.55. The smallest absolute Gasteiger partial charge is 0.394 e. The van der Waals surface area contributed by atoms with E-state index in [9.17, 15) is 14.7 Å². The van der Waals surface area contributed by atoms with Gasteiger partial charge in [-0.05, 0) is 59.7 Å². The predicted molar refractivity (Wildman–Crippen MR) is 166 cm³/mol. The van der Waals surface area contributed by atoms with Gasteiger partial charge in [0, 0.05) is 23.8 Å². The molecule has 0 unspecified atom stereocenters. The van der Waals surface area contributed by atoms with Crippen molar-refractivity contribution in [3.8, 4) is 16.9 Å². The number of aryl methyl sites for hydroxylation is 2. The summed E-state index contributed by atoms with van der Waals surface area (Å²) in [4.78, 5) is 23.3. The minimum absolute atomic E-state index is 0.328. The van der Waals surface area contributed by atoms with Gasteiger partial charge in [0.05, 0.1) is 12.3 Å². The topological polar surface area (TPSA) is 88.8 Å². The fourth-order valence-corrected chi connectivity index (χ4v) is 5.11. The third-order valence-corrected chi connectivity index (χ3v) is 7.34. The monoisotopic (exact) mass is 561 g/mol. The van der Waals surface area contributed by atoms with Crippen LogP contribution in [0.4, 0.5) is 5.69 Å². The average molecular weight is 562 g/mol. The molecule has 0 bridgehead atoms. The summed E-state index contributed by atoms with van der Waals surface area (Å²) in [6.07, 6.45) is 5.52. The van der Waals surface area contributed by atoms with Gasteiger partial charge in [-0.1, -0.05) is 92.2 Å². The van der Waals surface area contributed by atoms with Gasteiger partial charge >= 0.3 is 11.9 Å². The van der Waals surface area contributed by atoms with E-state index in [0.717, 1.165) is 66.4 Å². The SMILES string of the molecule is CCCCc1oc2ccccc2c1Cc1ccc(-c2ccc(OCCCc3ccccc3)c(NC(=O)C(=O)O)c2)cc1. The Balaban J connectivity index is 1.33. The van der Waals surface area contributed by atoms with Crippen LogP contribution in [0.2, 0.25) is 0 Å². The lowest BCUT2D eigenvalue weighted by Gasteiger charge is -2.14. The summed E-state index contributed by atoms with van der Waals surface area (Å²) in [5.74, 6) is -1.17.